The summed E-state index contributed by atoms with van der Waals surface area (Å²) in [6.45, 7) is 0. The average molecular weight is 278 g/mol. The SMILES string of the molecule is CN(C)c1ccc(/C=C/C(=O)c2ccc([B]O)cc2)cc1. The Labute approximate surface area is 125 Å². The fraction of sp³-hybridized carbons (Fsp3) is 0.118. The van der Waals surface area contributed by atoms with Crippen LogP contribution in [-0.2, 0) is 0 Å². The molecule has 1 radical (unpaired) electrons. The summed E-state index contributed by atoms with van der Waals surface area (Å²) in [5.41, 5.74) is 3.38. The summed E-state index contributed by atoms with van der Waals surface area (Å²) in [7, 11) is 4.99. The summed E-state index contributed by atoms with van der Waals surface area (Å²) >= 11 is 0. The molecule has 105 valence electrons. The molecule has 21 heavy (non-hydrogen) atoms. The van der Waals surface area contributed by atoms with Crippen LogP contribution in [-0.4, -0.2) is 32.4 Å². The third kappa shape index (κ3) is 4.07. The second-order valence-corrected chi connectivity index (χ2v) is 4.93. The quantitative estimate of drug-likeness (QED) is 0.516. The standard InChI is InChI=1S/C17H17BNO2/c1-19(2)16-10-3-13(4-11-16)5-12-17(20)14-6-8-15(18-21)9-7-14/h3-12,21H,1-2H3/b12-5+. The van der Waals surface area contributed by atoms with Crippen molar-refractivity contribution in [2.45, 2.75) is 0 Å². The predicted octanol–water partition coefficient (Wildman–Crippen LogP) is 1.89. The number of allylic oxidation sites excluding steroid dienone is 1. The lowest BCUT2D eigenvalue weighted by molar-refractivity contribution is 0.104. The molecule has 2 aromatic carbocycles. The maximum atomic E-state index is 12.0. The van der Waals surface area contributed by atoms with Gasteiger partial charge in [0.05, 0.1) is 0 Å². The van der Waals surface area contributed by atoms with Crippen molar-refractivity contribution < 1.29 is 9.82 Å². The first-order valence-corrected chi connectivity index (χ1v) is 6.67. The molecule has 0 fully saturated rings. The van der Waals surface area contributed by atoms with Crippen molar-refractivity contribution in [3.8, 4) is 0 Å². The summed E-state index contributed by atoms with van der Waals surface area (Å²) in [4.78, 5) is 14.1. The molecule has 2 rings (SSSR count). The van der Waals surface area contributed by atoms with Gasteiger partial charge in [-0.25, -0.2) is 0 Å². The normalized spacial score (nSPS) is 10.6. The van der Waals surface area contributed by atoms with E-state index in [1.807, 2.05) is 43.3 Å². The monoisotopic (exact) mass is 278 g/mol. The van der Waals surface area contributed by atoms with Gasteiger partial charge in [-0.3, -0.25) is 4.79 Å². The number of nitrogens with zero attached hydrogens (tertiary/aromatic N) is 1. The molecule has 0 aromatic heterocycles. The van der Waals surface area contributed by atoms with Gasteiger partial charge in [-0.15, -0.1) is 0 Å². The molecule has 0 aliphatic heterocycles. The van der Waals surface area contributed by atoms with Crippen LogP contribution in [0.5, 0.6) is 0 Å². The van der Waals surface area contributed by atoms with Crippen molar-refractivity contribution >= 4 is 30.5 Å². The van der Waals surface area contributed by atoms with E-state index in [0.717, 1.165) is 18.7 Å². The molecule has 4 heteroatoms. The van der Waals surface area contributed by atoms with Crippen LogP contribution in [0.15, 0.2) is 54.6 Å². The van der Waals surface area contributed by atoms with Gasteiger partial charge in [-0.05, 0) is 23.8 Å². The molecular formula is C17H17BNO2. The number of benzene rings is 2. The molecule has 0 saturated heterocycles. The van der Waals surface area contributed by atoms with Crippen molar-refractivity contribution in [3.05, 3.63) is 65.7 Å². The molecule has 0 saturated carbocycles. The van der Waals surface area contributed by atoms with E-state index >= 15 is 0 Å². The maximum Gasteiger partial charge on any atom is 0.326 e. The van der Waals surface area contributed by atoms with Crippen LogP contribution >= 0.6 is 0 Å². The highest BCUT2D eigenvalue weighted by Gasteiger charge is 2.02. The van der Waals surface area contributed by atoms with Gasteiger partial charge in [0.1, 0.15) is 0 Å². The fourth-order valence-electron chi connectivity index (χ4n) is 1.89. The molecule has 3 nitrogen and oxygen atoms in total. The molecule has 0 aliphatic rings. The first-order chi connectivity index (χ1) is 10.1. The van der Waals surface area contributed by atoms with E-state index in [-0.39, 0.29) is 5.78 Å². The minimum Gasteiger partial charge on any atom is -0.450 e. The van der Waals surface area contributed by atoms with Gasteiger partial charge in [-0.2, -0.15) is 0 Å². The minimum absolute atomic E-state index is 0.0591. The number of hydrogen-bond acceptors (Lipinski definition) is 3. The Morgan fingerprint density at radius 1 is 1.05 bits per heavy atom. The third-order valence-electron chi connectivity index (χ3n) is 3.18. The fourth-order valence-corrected chi connectivity index (χ4v) is 1.89. The first kappa shape index (κ1) is 15.1. The molecule has 0 aliphatic carbocycles. The van der Waals surface area contributed by atoms with Crippen LogP contribution in [0.4, 0.5) is 5.69 Å². The van der Waals surface area contributed by atoms with Gasteiger partial charge < -0.3 is 9.92 Å². The number of hydrogen-bond donors (Lipinski definition) is 1. The van der Waals surface area contributed by atoms with E-state index in [1.165, 1.54) is 0 Å². The highest BCUT2D eigenvalue weighted by Crippen LogP contribution is 2.13. The van der Waals surface area contributed by atoms with E-state index in [4.69, 9.17) is 5.02 Å². The number of ketones is 1. The number of rotatable bonds is 5. The molecule has 0 heterocycles. The first-order valence-electron chi connectivity index (χ1n) is 6.67. The van der Waals surface area contributed by atoms with E-state index in [0.29, 0.717) is 11.0 Å². The summed E-state index contributed by atoms with van der Waals surface area (Å²) in [5.74, 6) is -0.0591. The largest absolute Gasteiger partial charge is 0.450 e. The number of carbonyl (C=O) groups excluding carboxylic acids is 1. The smallest absolute Gasteiger partial charge is 0.326 e. The van der Waals surface area contributed by atoms with Crippen molar-refractivity contribution in [2.75, 3.05) is 19.0 Å². The van der Waals surface area contributed by atoms with Crippen molar-refractivity contribution in [1.82, 2.24) is 0 Å². The second kappa shape index (κ2) is 6.91. The van der Waals surface area contributed by atoms with E-state index in [9.17, 15) is 4.79 Å². The molecule has 0 amide bonds. The number of carbonyl (C=O) groups is 1. The van der Waals surface area contributed by atoms with Gasteiger partial charge in [0.2, 0.25) is 0 Å². The van der Waals surface area contributed by atoms with E-state index < -0.39 is 0 Å². The molecule has 2 aromatic rings. The minimum atomic E-state index is -0.0591. The Hall–Kier alpha value is -2.33. The Morgan fingerprint density at radius 2 is 1.67 bits per heavy atom. The highest BCUT2D eigenvalue weighted by atomic mass is 16.2. The molecule has 0 atom stereocenters. The van der Waals surface area contributed by atoms with Crippen molar-refractivity contribution in [3.63, 3.8) is 0 Å². The van der Waals surface area contributed by atoms with Gasteiger partial charge in [-0.1, -0.05) is 47.9 Å². The van der Waals surface area contributed by atoms with Crippen LogP contribution < -0.4 is 10.4 Å². The summed E-state index contributed by atoms with van der Waals surface area (Å²) in [6.07, 6.45) is 3.36. The van der Waals surface area contributed by atoms with Crippen LogP contribution in [0.2, 0.25) is 0 Å². The van der Waals surface area contributed by atoms with Crippen LogP contribution in [0.3, 0.4) is 0 Å². The molecule has 1 N–H and O–H groups in total. The topological polar surface area (TPSA) is 40.5 Å². The van der Waals surface area contributed by atoms with Crippen LogP contribution in [0.25, 0.3) is 6.08 Å². The van der Waals surface area contributed by atoms with Gasteiger partial charge >= 0.3 is 7.48 Å². The van der Waals surface area contributed by atoms with E-state index in [2.05, 4.69) is 0 Å². The molecule has 0 bridgehead atoms. The van der Waals surface area contributed by atoms with Gasteiger partial charge in [0.25, 0.3) is 0 Å². The average Bonchev–Trinajstić information content (AvgIpc) is 2.53. The molecule has 0 spiro atoms. The lowest BCUT2D eigenvalue weighted by Gasteiger charge is -2.11. The van der Waals surface area contributed by atoms with Crippen LogP contribution in [0.1, 0.15) is 15.9 Å². The second-order valence-electron chi connectivity index (χ2n) is 4.93. The summed E-state index contributed by atoms with van der Waals surface area (Å²) in [6, 6.07) is 14.8. The number of anilines is 1. The van der Waals surface area contributed by atoms with Gasteiger partial charge in [0, 0.05) is 25.3 Å². The predicted molar refractivity (Wildman–Crippen MR) is 88.2 cm³/mol. The zero-order valence-corrected chi connectivity index (χ0v) is 12.2. The maximum absolute atomic E-state index is 12.0. The Morgan fingerprint density at radius 3 is 2.19 bits per heavy atom. The lowest BCUT2D eigenvalue weighted by atomic mass is 9.88. The third-order valence-corrected chi connectivity index (χ3v) is 3.18. The Kier molecular flexibility index (Phi) is 4.96. The Bertz CT molecular complexity index is 631. The van der Waals surface area contributed by atoms with E-state index in [1.54, 1.807) is 36.4 Å². The zero-order valence-electron chi connectivity index (χ0n) is 12.2. The van der Waals surface area contributed by atoms with Gasteiger partial charge in [0.15, 0.2) is 5.78 Å². The van der Waals surface area contributed by atoms with Crippen molar-refractivity contribution in [1.29, 1.82) is 0 Å². The molecule has 0 unspecified atom stereocenters. The summed E-state index contributed by atoms with van der Waals surface area (Å²) < 4.78 is 0. The van der Waals surface area contributed by atoms with Crippen molar-refractivity contribution in [2.24, 2.45) is 0 Å². The Balaban J connectivity index is 2.07. The molecular weight excluding hydrogens is 261 g/mol. The zero-order chi connectivity index (χ0) is 15.2. The summed E-state index contributed by atoms with van der Waals surface area (Å²) in [5, 5.41) is 8.85. The highest BCUT2D eigenvalue weighted by molar-refractivity contribution is 6.45. The van der Waals surface area contributed by atoms with Crippen LogP contribution in [0, 0.1) is 0 Å². The lowest BCUT2D eigenvalue weighted by Crippen LogP contribution is -2.13.